The van der Waals surface area contributed by atoms with Crippen LogP contribution in [0, 0.1) is 5.92 Å². The van der Waals surface area contributed by atoms with Crippen molar-refractivity contribution in [2.24, 2.45) is 11.1 Å². The second-order valence-corrected chi connectivity index (χ2v) is 4.08. The van der Waals surface area contributed by atoms with Crippen LogP contribution < -0.4 is 0 Å². The smallest absolute Gasteiger partial charge is 0.139 e. The molecule has 2 heteroatoms. The summed E-state index contributed by atoms with van der Waals surface area (Å²) in [4.78, 5) is 5.46. The lowest BCUT2D eigenvalue weighted by Gasteiger charge is -2.16. The van der Waals surface area contributed by atoms with Gasteiger partial charge in [-0.2, -0.15) is 0 Å². The summed E-state index contributed by atoms with van der Waals surface area (Å²) in [5.74, 6) is 0.491. The second-order valence-electron chi connectivity index (χ2n) is 4.08. The van der Waals surface area contributed by atoms with Crippen LogP contribution in [0.15, 0.2) is 35.5 Å². The van der Waals surface area contributed by atoms with Gasteiger partial charge in [-0.15, -0.1) is 0 Å². The third-order valence-corrected chi connectivity index (χ3v) is 3.04. The van der Waals surface area contributed by atoms with Crippen molar-refractivity contribution in [1.29, 1.82) is 0 Å². The minimum atomic E-state index is 0.234. The highest BCUT2D eigenvalue weighted by atomic mass is 16.6. The second kappa shape index (κ2) is 4.47. The molecular weight excluding hydrogens is 186 g/mol. The fraction of sp³-hybridized carbons (Fsp3) is 0.462. The Labute approximate surface area is 90.9 Å². The van der Waals surface area contributed by atoms with Crippen LogP contribution >= 0.6 is 0 Å². The molecule has 15 heavy (non-hydrogen) atoms. The van der Waals surface area contributed by atoms with Crippen molar-refractivity contribution < 1.29 is 4.84 Å². The van der Waals surface area contributed by atoms with Gasteiger partial charge >= 0.3 is 0 Å². The molecule has 0 spiro atoms. The van der Waals surface area contributed by atoms with E-state index < -0.39 is 0 Å². The van der Waals surface area contributed by atoms with Gasteiger partial charge < -0.3 is 4.84 Å². The first kappa shape index (κ1) is 10.2. The zero-order valence-corrected chi connectivity index (χ0v) is 9.31. The third kappa shape index (κ3) is 2.20. The predicted octanol–water partition coefficient (Wildman–Crippen LogP) is 3.03. The summed E-state index contributed by atoms with van der Waals surface area (Å²) in [5, 5.41) is 4.08. The largest absolute Gasteiger partial charge is 0.391 e. The van der Waals surface area contributed by atoms with Crippen molar-refractivity contribution in [3.05, 3.63) is 35.9 Å². The number of hydrogen-bond acceptors (Lipinski definition) is 2. The van der Waals surface area contributed by atoms with Gasteiger partial charge in [0.2, 0.25) is 0 Å². The topological polar surface area (TPSA) is 21.6 Å². The van der Waals surface area contributed by atoms with E-state index in [2.05, 4.69) is 43.3 Å². The molecule has 2 atom stereocenters. The standard InChI is InChI=1S/C13H17NO/c1-3-12-10(2)14-15-13(12)9-11-7-5-4-6-8-11/h4-8,12-13H,3,9H2,1-2H3. The van der Waals surface area contributed by atoms with Crippen LogP contribution in [-0.4, -0.2) is 11.8 Å². The van der Waals surface area contributed by atoms with E-state index in [0.717, 1.165) is 18.6 Å². The summed E-state index contributed by atoms with van der Waals surface area (Å²) in [7, 11) is 0. The van der Waals surface area contributed by atoms with Gasteiger partial charge in [0.25, 0.3) is 0 Å². The normalized spacial score (nSPS) is 24.8. The Balaban J connectivity index is 2.02. The molecule has 2 nitrogen and oxygen atoms in total. The van der Waals surface area contributed by atoms with Crippen LogP contribution in [0.5, 0.6) is 0 Å². The number of hydrogen-bond donors (Lipinski definition) is 0. The van der Waals surface area contributed by atoms with Gasteiger partial charge in [-0.25, -0.2) is 0 Å². The Morgan fingerprint density at radius 3 is 2.67 bits per heavy atom. The van der Waals surface area contributed by atoms with Crippen LogP contribution in [-0.2, 0) is 11.3 Å². The summed E-state index contributed by atoms with van der Waals surface area (Å²) in [6.45, 7) is 4.25. The molecule has 0 N–H and O–H groups in total. The lowest BCUT2D eigenvalue weighted by Crippen LogP contribution is -2.23. The minimum Gasteiger partial charge on any atom is -0.391 e. The highest BCUT2D eigenvalue weighted by Crippen LogP contribution is 2.24. The van der Waals surface area contributed by atoms with E-state index in [4.69, 9.17) is 4.84 Å². The Morgan fingerprint density at radius 2 is 2.00 bits per heavy atom. The van der Waals surface area contributed by atoms with Crippen LogP contribution in [0.3, 0.4) is 0 Å². The number of benzene rings is 1. The molecule has 0 saturated carbocycles. The first-order valence-electron chi connectivity index (χ1n) is 5.55. The van der Waals surface area contributed by atoms with E-state index in [1.165, 1.54) is 5.56 Å². The molecule has 1 heterocycles. The number of oxime groups is 1. The maximum atomic E-state index is 5.46. The Kier molecular flexibility index (Phi) is 3.05. The van der Waals surface area contributed by atoms with Crippen LogP contribution in [0.25, 0.3) is 0 Å². The van der Waals surface area contributed by atoms with Gasteiger partial charge in [0, 0.05) is 12.3 Å². The van der Waals surface area contributed by atoms with Crippen LogP contribution in [0.1, 0.15) is 25.8 Å². The maximum Gasteiger partial charge on any atom is 0.139 e. The van der Waals surface area contributed by atoms with Crippen molar-refractivity contribution in [3.63, 3.8) is 0 Å². The molecule has 0 fully saturated rings. The molecule has 80 valence electrons. The van der Waals surface area contributed by atoms with Crippen molar-refractivity contribution in [2.45, 2.75) is 32.8 Å². The summed E-state index contributed by atoms with van der Waals surface area (Å²) >= 11 is 0. The molecule has 0 bridgehead atoms. The lowest BCUT2D eigenvalue weighted by molar-refractivity contribution is 0.0614. The van der Waals surface area contributed by atoms with E-state index in [1.807, 2.05) is 6.07 Å². The van der Waals surface area contributed by atoms with Gasteiger partial charge in [-0.1, -0.05) is 42.4 Å². The van der Waals surface area contributed by atoms with Gasteiger partial charge in [-0.05, 0) is 18.9 Å². The number of nitrogens with zero attached hydrogens (tertiary/aromatic N) is 1. The Bertz CT molecular complexity index is 345. The summed E-state index contributed by atoms with van der Waals surface area (Å²) < 4.78 is 0. The quantitative estimate of drug-likeness (QED) is 0.740. The number of rotatable bonds is 3. The third-order valence-electron chi connectivity index (χ3n) is 3.04. The highest BCUT2D eigenvalue weighted by molar-refractivity contribution is 5.85. The van der Waals surface area contributed by atoms with Crippen LogP contribution in [0.2, 0.25) is 0 Å². The summed E-state index contributed by atoms with van der Waals surface area (Å²) in [5.41, 5.74) is 2.46. The zero-order chi connectivity index (χ0) is 10.7. The average Bonchev–Trinajstić information content (AvgIpc) is 2.61. The van der Waals surface area contributed by atoms with Crippen molar-refractivity contribution in [3.8, 4) is 0 Å². The average molecular weight is 203 g/mol. The van der Waals surface area contributed by atoms with E-state index in [-0.39, 0.29) is 6.10 Å². The SMILES string of the molecule is CCC1C(C)=NOC1Cc1ccccc1. The Morgan fingerprint density at radius 1 is 1.27 bits per heavy atom. The molecule has 2 rings (SSSR count). The molecular formula is C13H17NO. The van der Waals surface area contributed by atoms with Gasteiger partial charge in [-0.3, -0.25) is 0 Å². The predicted molar refractivity (Wildman–Crippen MR) is 61.9 cm³/mol. The molecule has 0 saturated heterocycles. The zero-order valence-electron chi connectivity index (χ0n) is 9.31. The molecule has 1 aliphatic heterocycles. The molecule has 0 aliphatic carbocycles. The fourth-order valence-corrected chi connectivity index (χ4v) is 2.15. The van der Waals surface area contributed by atoms with Crippen molar-refractivity contribution in [2.75, 3.05) is 0 Å². The van der Waals surface area contributed by atoms with E-state index in [0.29, 0.717) is 5.92 Å². The molecule has 1 aromatic rings. The van der Waals surface area contributed by atoms with E-state index in [1.54, 1.807) is 0 Å². The molecule has 1 aliphatic rings. The summed E-state index contributed by atoms with van der Waals surface area (Å²) in [6.07, 6.45) is 2.30. The summed E-state index contributed by atoms with van der Waals surface area (Å²) in [6, 6.07) is 10.5. The minimum absolute atomic E-state index is 0.234. The van der Waals surface area contributed by atoms with Gasteiger partial charge in [0.05, 0.1) is 5.71 Å². The van der Waals surface area contributed by atoms with Crippen molar-refractivity contribution in [1.82, 2.24) is 0 Å². The molecule has 0 radical (unpaired) electrons. The van der Waals surface area contributed by atoms with Gasteiger partial charge in [0.1, 0.15) is 6.10 Å². The maximum absolute atomic E-state index is 5.46. The van der Waals surface area contributed by atoms with Crippen molar-refractivity contribution >= 4 is 5.71 Å². The molecule has 0 amide bonds. The molecule has 2 unspecified atom stereocenters. The first-order valence-corrected chi connectivity index (χ1v) is 5.55. The van der Waals surface area contributed by atoms with Crippen LogP contribution in [0.4, 0.5) is 0 Å². The van der Waals surface area contributed by atoms with Gasteiger partial charge in [0.15, 0.2) is 0 Å². The molecule has 0 aromatic heterocycles. The highest BCUT2D eigenvalue weighted by Gasteiger charge is 2.29. The molecule has 1 aromatic carbocycles. The monoisotopic (exact) mass is 203 g/mol. The fourth-order valence-electron chi connectivity index (χ4n) is 2.15. The van der Waals surface area contributed by atoms with E-state index in [9.17, 15) is 0 Å². The first-order chi connectivity index (χ1) is 7.31. The Hall–Kier alpha value is -1.31. The lowest BCUT2D eigenvalue weighted by atomic mass is 9.91. The van der Waals surface area contributed by atoms with E-state index >= 15 is 0 Å².